The lowest BCUT2D eigenvalue weighted by Gasteiger charge is -2.19. The van der Waals surface area contributed by atoms with E-state index in [1.807, 2.05) is 30.3 Å². The lowest BCUT2D eigenvalue weighted by atomic mass is 10.2. The number of rotatable bonds is 11. The maximum Gasteiger partial charge on any atom is 0.191 e. The Kier molecular flexibility index (Phi) is 9.27. The molecule has 0 aliphatic heterocycles. The molecular formula is C21H33N5O. The average molecular weight is 372 g/mol. The highest BCUT2D eigenvalue weighted by Crippen LogP contribution is 2.17. The van der Waals surface area contributed by atoms with E-state index in [1.165, 1.54) is 0 Å². The Morgan fingerprint density at radius 2 is 1.81 bits per heavy atom. The van der Waals surface area contributed by atoms with Crippen LogP contribution in [0.15, 0.2) is 53.8 Å². The van der Waals surface area contributed by atoms with E-state index in [1.54, 1.807) is 7.05 Å². The summed E-state index contributed by atoms with van der Waals surface area (Å²) in [4.78, 5) is 6.66. The normalized spacial score (nSPS) is 11.6. The summed E-state index contributed by atoms with van der Waals surface area (Å²) < 4.78 is 8.16. The number of nitrogens with one attached hydrogen (secondary N) is 2. The highest BCUT2D eigenvalue weighted by molar-refractivity contribution is 5.79. The molecule has 2 N–H and O–H groups in total. The van der Waals surface area contributed by atoms with Gasteiger partial charge in [0.2, 0.25) is 0 Å². The van der Waals surface area contributed by atoms with Crippen molar-refractivity contribution in [3.63, 3.8) is 0 Å². The van der Waals surface area contributed by atoms with Crippen LogP contribution in [0.2, 0.25) is 0 Å². The van der Waals surface area contributed by atoms with Crippen LogP contribution in [0.4, 0.5) is 0 Å². The molecule has 1 aromatic carbocycles. The molecule has 0 saturated heterocycles. The van der Waals surface area contributed by atoms with E-state index in [0.717, 1.165) is 50.0 Å². The zero-order chi connectivity index (χ0) is 19.3. The minimum absolute atomic E-state index is 0.671. The smallest absolute Gasteiger partial charge is 0.191 e. The third-order valence-corrected chi connectivity index (χ3v) is 4.53. The molecule has 0 radical (unpaired) electrons. The first kappa shape index (κ1) is 20.8. The Hall–Kier alpha value is -2.47. The minimum atomic E-state index is 0.671. The molecule has 6 nitrogen and oxygen atoms in total. The fourth-order valence-electron chi connectivity index (χ4n) is 2.84. The molecule has 2 rings (SSSR count). The number of aromatic nitrogens is 1. The van der Waals surface area contributed by atoms with Gasteiger partial charge in [-0.2, -0.15) is 0 Å². The van der Waals surface area contributed by atoms with Gasteiger partial charge >= 0.3 is 0 Å². The van der Waals surface area contributed by atoms with E-state index in [9.17, 15) is 0 Å². The van der Waals surface area contributed by atoms with Gasteiger partial charge < -0.3 is 24.8 Å². The standard InChI is InChI=1S/C21H33N5O/c1-4-25(5-2)16-17-27-20-11-7-6-10-19(20)18-24-21(22-3)23-12-15-26-13-8-9-14-26/h6-11,13-14H,4-5,12,15-18H2,1-3H3,(H2,22,23,24). The van der Waals surface area contributed by atoms with Gasteiger partial charge in [0.1, 0.15) is 12.4 Å². The van der Waals surface area contributed by atoms with Gasteiger partial charge in [-0.3, -0.25) is 4.99 Å². The summed E-state index contributed by atoms with van der Waals surface area (Å²) in [5.41, 5.74) is 1.13. The summed E-state index contributed by atoms with van der Waals surface area (Å²) in [5.74, 6) is 1.72. The Balaban J connectivity index is 1.79. The van der Waals surface area contributed by atoms with Gasteiger partial charge in [0.05, 0.1) is 0 Å². The number of hydrogen-bond acceptors (Lipinski definition) is 3. The first-order chi connectivity index (χ1) is 13.3. The van der Waals surface area contributed by atoms with Crippen molar-refractivity contribution >= 4 is 5.96 Å². The Morgan fingerprint density at radius 1 is 1.07 bits per heavy atom. The first-order valence-corrected chi connectivity index (χ1v) is 9.75. The summed E-state index contributed by atoms with van der Waals surface area (Å²) in [7, 11) is 1.79. The molecule has 27 heavy (non-hydrogen) atoms. The second-order valence-corrected chi connectivity index (χ2v) is 6.26. The van der Waals surface area contributed by atoms with Crippen LogP contribution in [-0.4, -0.2) is 55.3 Å². The minimum Gasteiger partial charge on any atom is -0.492 e. The fraction of sp³-hybridized carbons (Fsp3) is 0.476. The predicted octanol–water partition coefficient (Wildman–Crippen LogP) is 2.57. The molecule has 0 saturated carbocycles. The van der Waals surface area contributed by atoms with Gasteiger partial charge in [0.25, 0.3) is 0 Å². The Bertz CT molecular complexity index is 665. The van der Waals surface area contributed by atoms with Crippen molar-refractivity contribution in [2.24, 2.45) is 4.99 Å². The van der Waals surface area contributed by atoms with Gasteiger partial charge in [-0.1, -0.05) is 32.0 Å². The van der Waals surface area contributed by atoms with Crippen molar-refractivity contribution in [3.05, 3.63) is 54.4 Å². The van der Waals surface area contributed by atoms with Gasteiger partial charge in [-0.25, -0.2) is 0 Å². The molecule has 0 fully saturated rings. The number of para-hydroxylation sites is 1. The highest BCUT2D eigenvalue weighted by Gasteiger charge is 2.06. The third kappa shape index (κ3) is 7.35. The summed E-state index contributed by atoms with van der Waals surface area (Å²) >= 11 is 0. The van der Waals surface area contributed by atoms with Crippen LogP contribution in [-0.2, 0) is 13.1 Å². The van der Waals surface area contributed by atoms with E-state index >= 15 is 0 Å². The van der Waals surface area contributed by atoms with Gasteiger partial charge in [0.15, 0.2) is 5.96 Å². The Morgan fingerprint density at radius 3 is 2.52 bits per heavy atom. The molecule has 0 spiro atoms. The quantitative estimate of drug-likeness (QED) is 0.471. The van der Waals surface area contributed by atoms with Gasteiger partial charge in [0, 0.05) is 51.2 Å². The number of hydrogen-bond donors (Lipinski definition) is 2. The number of benzene rings is 1. The second-order valence-electron chi connectivity index (χ2n) is 6.26. The maximum absolute atomic E-state index is 6.02. The molecule has 148 valence electrons. The molecule has 6 heteroatoms. The number of likely N-dealkylation sites (N-methyl/N-ethyl adjacent to an activating group) is 1. The van der Waals surface area contributed by atoms with Crippen LogP contribution in [0, 0.1) is 0 Å². The fourth-order valence-corrected chi connectivity index (χ4v) is 2.84. The van der Waals surface area contributed by atoms with E-state index < -0.39 is 0 Å². The maximum atomic E-state index is 6.02. The lowest BCUT2D eigenvalue weighted by Crippen LogP contribution is -2.38. The molecular weight excluding hydrogens is 338 g/mol. The third-order valence-electron chi connectivity index (χ3n) is 4.53. The largest absolute Gasteiger partial charge is 0.492 e. The molecule has 1 heterocycles. The van der Waals surface area contributed by atoms with Crippen LogP contribution >= 0.6 is 0 Å². The summed E-state index contributed by atoms with van der Waals surface area (Å²) in [6.07, 6.45) is 4.12. The molecule has 0 unspecified atom stereocenters. The van der Waals surface area contributed by atoms with Crippen molar-refractivity contribution < 1.29 is 4.74 Å². The number of aliphatic imine (C=N–C) groups is 1. The van der Waals surface area contributed by atoms with E-state index in [0.29, 0.717) is 13.2 Å². The van der Waals surface area contributed by atoms with Gasteiger partial charge in [-0.05, 0) is 31.3 Å². The zero-order valence-electron chi connectivity index (χ0n) is 16.8. The highest BCUT2D eigenvalue weighted by atomic mass is 16.5. The number of guanidine groups is 1. The number of ether oxygens (including phenoxy) is 1. The SMILES string of the molecule is CCN(CC)CCOc1ccccc1CNC(=NC)NCCn1cccc1. The predicted molar refractivity (Wildman–Crippen MR) is 112 cm³/mol. The van der Waals surface area contributed by atoms with Crippen molar-refractivity contribution in [1.82, 2.24) is 20.1 Å². The summed E-state index contributed by atoms with van der Waals surface area (Å²) in [6.45, 7) is 10.5. The van der Waals surface area contributed by atoms with E-state index in [-0.39, 0.29) is 0 Å². The molecule has 0 amide bonds. The van der Waals surface area contributed by atoms with Crippen LogP contribution < -0.4 is 15.4 Å². The Labute approximate surface area is 163 Å². The first-order valence-electron chi connectivity index (χ1n) is 9.75. The zero-order valence-corrected chi connectivity index (χ0v) is 16.8. The second kappa shape index (κ2) is 12.0. The molecule has 0 aliphatic rings. The van der Waals surface area contributed by atoms with Crippen LogP contribution in [0.1, 0.15) is 19.4 Å². The monoisotopic (exact) mass is 371 g/mol. The topological polar surface area (TPSA) is 53.8 Å². The van der Waals surface area contributed by atoms with Crippen LogP contribution in [0.5, 0.6) is 5.75 Å². The molecule has 2 aromatic rings. The van der Waals surface area contributed by atoms with Crippen molar-refractivity contribution in [3.8, 4) is 5.75 Å². The molecule has 0 atom stereocenters. The van der Waals surface area contributed by atoms with E-state index in [2.05, 4.69) is 57.4 Å². The number of nitrogens with zero attached hydrogens (tertiary/aromatic N) is 3. The lowest BCUT2D eigenvalue weighted by molar-refractivity contribution is 0.221. The van der Waals surface area contributed by atoms with E-state index in [4.69, 9.17) is 4.74 Å². The average Bonchev–Trinajstić information content (AvgIpc) is 3.22. The molecule has 1 aromatic heterocycles. The molecule has 0 aliphatic carbocycles. The van der Waals surface area contributed by atoms with Crippen molar-refractivity contribution in [1.29, 1.82) is 0 Å². The molecule has 0 bridgehead atoms. The van der Waals surface area contributed by atoms with Gasteiger partial charge in [-0.15, -0.1) is 0 Å². The van der Waals surface area contributed by atoms with Crippen LogP contribution in [0.25, 0.3) is 0 Å². The van der Waals surface area contributed by atoms with Crippen LogP contribution in [0.3, 0.4) is 0 Å². The van der Waals surface area contributed by atoms with Crippen molar-refractivity contribution in [2.75, 3.05) is 39.8 Å². The van der Waals surface area contributed by atoms with Crippen molar-refractivity contribution in [2.45, 2.75) is 26.9 Å². The summed E-state index contributed by atoms with van der Waals surface area (Å²) in [6, 6.07) is 12.2. The summed E-state index contributed by atoms with van der Waals surface area (Å²) in [5, 5.41) is 6.71.